The van der Waals surface area contributed by atoms with Crippen LogP contribution in [0.3, 0.4) is 0 Å². The predicted molar refractivity (Wildman–Crippen MR) is 97.2 cm³/mol. The van der Waals surface area contributed by atoms with Gasteiger partial charge in [0.1, 0.15) is 5.84 Å². The maximum atomic E-state index is 12.5. The summed E-state index contributed by atoms with van der Waals surface area (Å²) in [4.78, 5) is 42.5. The number of benzene rings is 1. The molecule has 8 nitrogen and oxygen atoms in total. The average molecular weight is 368 g/mol. The number of hydrogen-bond donors (Lipinski definition) is 2. The van der Waals surface area contributed by atoms with Gasteiger partial charge in [0.05, 0.1) is 29.7 Å². The molecule has 1 aromatic carbocycles. The van der Waals surface area contributed by atoms with Crippen LogP contribution in [0.15, 0.2) is 47.5 Å². The Kier molecular flexibility index (Phi) is 4.49. The van der Waals surface area contributed by atoms with Crippen LogP contribution in [0.4, 0.5) is 10.5 Å². The monoisotopic (exact) mass is 368 g/mol. The van der Waals surface area contributed by atoms with Gasteiger partial charge in [0.2, 0.25) is 11.8 Å². The van der Waals surface area contributed by atoms with Crippen LogP contribution in [0.1, 0.15) is 6.92 Å². The topological polar surface area (TPSA) is 100 Å². The quantitative estimate of drug-likeness (QED) is 0.358. The third-order valence-electron chi connectivity index (χ3n) is 4.97. The number of hydrogen-bond acceptors (Lipinski definition) is 5. The summed E-state index contributed by atoms with van der Waals surface area (Å²) in [6.45, 7) is 2.00. The molecule has 2 fully saturated rings. The van der Waals surface area contributed by atoms with Crippen molar-refractivity contribution in [3.05, 3.63) is 42.5 Å². The Morgan fingerprint density at radius 3 is 2.37 bits per heavy atom. The van der Waals surface area contributed by atoms with E-state index in [9.17, 15) is 14.4 Å². The van der Waals surface area contributed by atoms with E-state index in [1.54, 1.807) is 6.92 Å². The third kappa shape index (κ3) is 3.23. The highest BCUT2D eigenvalue weighted by Crippen LogP contribution is 2.44. The van der Waals surface area contributed by atoms with Gasteiger partial charge < -0.3 is 10.1 Å². The fourth-order valence-corrected chi connectivity index (χ4v) is 3.80. The van der Waals surface area contributed by atoms with Crippen molar-refractivity contribution in [2.75, 3.05) is 13.1 Å². The standard InChI is InChI=1S/C19H20N4O4/c1-11(21-12-5-3-2-4-6-12)22-19(26)20-9-10-23-17(24)15-13-7-8-14(27-13)16(15)18(23)25/h2-8,13-16H,9-10H2,1H3,(H2,20,21,22,26). The molecule has 4 amide bonds. The normalized spacial score (nSPS) is 28.6. The number of amidine groups is 1. The molecule has 0 radical (unpaired) electrons. The summed E-state index contributed by atoms with van der Waals surface area (Å²) in [5.41, 5.74) is 0.737. The highest BCUT2D eigenvalue weighted by atomic mass is 16.5. The number of rotatable bonds is 4. The van der Waals surface area contributed by atoms with E-state index in [0.29, 0.717) is 5.84 Å². The average Bonchev–Trinajstić information content (AvgIpc) is 3.32. The van der Waals surface area contributed by atoms with Gasteiger partial charge in [0.25, 0.3) is 0 Å². The number of fused-ring (bicyclic) bond motifs is 5. The van der Waals surface area contributed by atoms with Crippen LogP contribution in [0, 0.1) is 11.8 Å². The van der Waals surface area contributed by atoms with Crippen LogP contribution < -0.4 is 10.6 Å². The van der Waals surface area contributed by atoms with Crippen LogP contribution in [-0.2, 0) is 14.3 Å². The maximum Gasteiger partial charge on any atom is 0.320 e. The van der Waals surface area contributed by atoms with E-state index in [4.69, 9.17) is 4.74 Å². The SMILES string of the molecule is CC(=Nc1ccccc1)NC(=O)NCCN1C(=O)C2C3C=CC(O3)C2C1=O. The number of likely N-dealkylation sites (tertiary alicyclic amines) is 1. The number of carbonyl (C=O) groups excluding carboxylic acids is 3. The van der Waals surface area contributed by atoms with Gasteiger partial charge in [-0.05, 0) is 19.1 Å². The molecular weight excluding hydrogens is 348 g/mol. The van der Waals surface area contributed by atoms with Crippen molar-refractivity contribution in [1.82, 2.24) is 15.5 Å². The molecule has 4 rings (SSSR count). The Morgan fingerprint density at radius 2 is 1.74 bits per heavy atom. The van der Waals surface area contributed by atoms with Crippen molar-refractivity contribution in [3.8, 4) is 0 Å². The summed E-state index contributed by atoms with van der Waals surface area (Å²) in [5.74, 6) is -0.818. The fourth-order valence-electron chi connectivity index (χ4n) is 3.80. The van der Waals surface area contributed by atoms with Crippen molar-refractivity contribution >= 4 is 29.4 Å². The molecule has 3 heterocycles. The summed E-state index contributed by atoms with van der Waals surface area (Å²) in [6, 6.07) is 8.83. The summed E-state index contributed by atoms with van der Waals surface area (Å²) in [5, 5.41) is 5.27. The molecule has 0 aliphatic carbocycles. The van der Waals surface area contributed by atoms with E-state index in [0.717, 1.165) is 5.69 Å². The summed E-state index contributed by atoms with van der Waals surface area (Å²) in [6.07, 6.45) is 3.10. The van der Waals surface area contributed by atoms with Crippen molar-refractivity contribution in [2.45, 2.75) is 19.1 Å². The minimum atomic E-state index is -0.434. The van der Waals surface area contributed by atoms with Gasteiger partial charge in [0, 0.05) is 13.1 Å². The Bertz CT molecular complexity index is 805. The number of nitrogens with zero attached hydrogens (tertiary/aromatic N) is 2. The van der Waals surface area contributed by atoms with E-state index in [1.165, 1.54) is 4.90 Å². The van der Waals surface area contributed by atoms with Crippen LogP contribution in [0.2, 0.25) is 0 Å². The van der Waals surface area contributed by atoms with Gasteiger partial charge in [-0.3, -0.25) is 19.8 Å². The lowest BCUT2D eigenvalue weighted by Crippen LogP contribution is -2.44. The van der Waals surface area contributed by atoms with Gasteiger partial charge in [0.15, 0.2) is 0 Å². The van der Waals surface area contributed by atoms with Crippen molar-refractivity contribution < 1.29 is 19.1 Å². The zero-order valence-corrected chi connectivity index (χ0v) is 14.8. The summed E-state index contributed by atoms with van der Waals surface area (Å²) < 4.78 is 5.59. The number of para-hydroxylation sites is 1. The maximum absolute atomic E-state index is 12.5. The summed E-state index contributed by atoms with van der Waals surface area (Å²) >= 11 is 0. The zero-order valence-electron chi connectivity index (χ0n) is 14.8. The number of ether oxygens (including phenoxy) is 1. The molecule has 0 saturated carbocycles. The first-order valence-electron chi connectivity index (χ1n) is 8.89. The molecule has 1 aromatic rings. The van der Waals surface area contributed by atoms with Crippen LogP contribution in [-0.4, -0.2) is 53.9 Å². The van der Waals surface area contributed by atoms with Crippen molar-refractivity contribution in [3.63, 3.8) is 0 Å². The number of carbonyl (C=O) groups is 3. The second-order valence-corrected chi connectivity index (χ2v) is 6.74. The minimum absolute atomic E-state index is 0.145. The molecule has 4 unspecified atom stereocenters. The minimum Gasteiger partial charge on any atom is -0.365 e. The molecule has 0 aromatic heterocycles. The molecular formula is C19H20N4O4. The second-order valence-electron chi connectivity index (χ2n) is 6.74. The van der Waals surface area contributed by atoms with Gasteiger partial charge in [-0.15, -0.1) is 0 Å². The predicted octanol–water partition coefficient (Wildman–Crippen LogP) is 0.974. The largest absolute Gasteiger partial charge is 0.365 e. The lowest BCUT2D eigenvalue weighted by Gasteiger charge is -2.17. The number of nitrogens with one attached hydrogen (secondary N) is 2. The van der Waals surface area contributed by atoms with E-state index in [2.05, 4.69) is 15.6 Å². The molecule has 3 aliphatic heterocycles. The Balaban J connectivity index is 1.27. The Hall–Kier alpha value is -3.00. The highest BCUT2D eigenvalue weighted by molar-refractivity contribution is 6.06. The third-order valence-corrected chi connectivity index (χ3v) is 4.97. The fraction of sp³-hybridized carbons (Fsp3) is 0.368. The Labute approximate surface area is 156 Å². The second kappa shape index (κ2) is 6.96. The van der Waals surface area contributed by atoms with Crippen molar-refractivity contribution in [2.24, 2.45) is 16.8 Å². The van der Waals surface area contributed by atoms with Crippen molar-refractivity contribution in [1.29, 1.82) is 0 Å². The Morgan fingerprint density at radius 1 is 1.11 bits per heavy atom. The molecule has 0 spiro atoms. The molecule has 2 bridgehead atoms. The number of urea groups is 1. The molecule has 3 aliphatic rings. The van der Waals surface area contributed by atoms with Gasteiger partial charge in [-0.25, -0.2) is 9.79 Å². The zero-order chi connectivity index (χ0) is 19.0. The molecule has 27 heavy (non-hydrogen) atoms. The van der Waals surface area contributed by atoms with Gasteiger partial charge >= 0.3 is 6.03 Å². The smallest absolute Gasteiger partial charge is 0.320 e. The van der Waals surface area contributed by atoms with E-state index < -0.39 is 17.9 Å². The highest BCUT2D eigenvalue weighted by Gasteiger charge is 2.60. The molecule has 2 N–H and O–H groups in total. The molecule has 8 heteroatoms. The number of imide groups is 1. The lowest BCUT2D eigenvalue weighted by atomic mass is 9.85. The van der Waals surface area contributed by atoms with Gasteiger partial charge in [-0.1, -0.05) is 30.4 Å². The molecule has 140 valence electrons. The first-order chi connectivity index (χ1) is 13.0. The first kappa shape index (κ1) is 17.4. The first-order valence-corrected chi connectivity index (χ1v) is 8.89. The van der Waals surface area contributed by atoms with Crippen LogP contribution >= 0.6 is 0 Å². The van der Waals surface area contributed by atoms with Crippen LogP contribution in [0.25, 0.3) is 0 Å². The van der Waals surface area contributed by atoms with Gasteiger partial charge in [-0.2, -0.15) is 0 Å². The lowest BCUT2D eigenvalue weighted by molar-refractivity contribution is -0.142. The molecule has 2 saturated heterocycles. The number of amides is 4. The van der Waals surface area contributed by atoms with E-state index in [1.807, 2.05) is 42.5 Å². The van der Waals surface area contributed by atoms with E-state index in [-0.39, 0.29) is 37.1 Å². The van der Waals surface area contributed by atoms with Crippen LogP contribution in [0.5, 0.6) is 0 Å². The summed E-state index contributed by atoms with van der Waals surface area (Å²) in [7, 11) is 0. The number of aliphatic imine (C=N–C) groups is 1. The molecule has 4 atom stereocenters. The van der Waals surface area contributed by atoms with E-state index >= 15 is 0 Å².